The van der Waals surface area contributed by atoms with Crippen molar-refractivity contribution in [3.05, 3.63) is 68.7 Å². The third-order valence-corrected chi connectivity index (χ3v) is 5.93. The van der Waals surface area contributed by atoms with Crippen LogP contribution in [0.25, 0.3) is 11.3 Å². The number of hydrogen-bond donors (Lipinski definition) is 0. The number of thiazole rings is 1. The van der Waals surface area contributed by atoms with Crippen molar-refractivity contribution >= 4 is 45.2 Å². The molecule has 140 valence electrons. The van der Waals surface area contributed by atoms with Crippen molar-refractivity contribution in [1.82, 2.24) is 4.68 Å². The Bertz CT molecular complexity index is 960. The van der Waals surface area contributed by atoms with Crippen LogP contribution in [0.3, 0.4) is 0 Å². The van der Waals surface area contributed by atoms with Crippen LogP contribution in [0.4, 0.5) is 0 Å². The van der Waals surface area contributed by atoms with E-state index in [0.29, 0.717) is 13.2 Å². The van der Waals surface area contributed by atoms with Gasteiger partial charge in [-0.1, -0.05) is 40.2 Å². The highest BCUT2D eigenvalue weighted by Gasteiger charge is 2.07. The summed E-state index contributed by atoms with van der Waals surface area (Å²) >= 11 is 6.80. The Hall–Kier alpha value is -1.67. The number of halogens is 1. The molecule has 27 heavy (non-hydrogen) atoms. The number of hydrogen-bond acceptors (Lipinski definition) is 5. The first-order chi connectivity index (χ1) is 13.2. The van der Waals surface area contributed by atoms with Crippen molar-refractivity contribution in [3.8, 4) is 11.3 Å². The van der Waals surface area contributed by atoms with E-state index in [1.54, 1.807) is 30.2 Å². The number of aromatic nitrogens is 1. The minimum absolute atomic E-state index is 0.589. The number of ether oxygens (including phenoxy) is 1. The fourth-order valence-electron chi connectivity index (χ4n) is 2.39. The SMILES string of the molecule is COCCN=c1scc(-c2ccc(Br)cc2)n1/N=C\c1ccc(SC)cc1. The molecule has 0 atom stereocenters. The predicted octanol–water partition coefficient (Wildman–Crippen LogP) is 5.13. The highest BCUT2D eigenvalue weighted by atomic mass is 79.9. The first kappa shape index (κ1) is 20.1. The van der Waals surface area contributed by atoms with Gasteiger partial charge in [-0.15, -0.1) is 23.1 Å². The monoisotopic (exact) mass is 461 g/mol. The quantitative estimate of drug-likeness (QED) is 0.277. The molecule has 0 aliphatic carbocycles. The van der Waals surface area contributed by atoms with Crippen LogP contribution in [-0.2, 0) is 4.74 Å². The normalized spacial score (nSPS) is 12.2. The van der Waals surface area contributed by atoms with E-state index in [2.05, 4.69) is 69.0 Å². The van der Waals surface area contributed by atoms with Crippen LogP contribution in [0.5, 0.6) is 0 Å². The Morgan fingerprint density at radius 2 is 1.89 bits per heavy atom. The molecule has 0 aliphatic heterocycles. The van der Waals surface area contributed by atoms with Gasteiger partial charge in [0.1, 0.15) is 0 Å². The lowest BCUT2D eigenvalue weighted by Crippen LogP contribution is -2.13. The number of nitrogens with zero attached hydrogens (tertiary/aromatic N) is 3. The van der Waals surface area contributed by atoms with Crippen LogP contribution in [0, 0.1) is 0 Å². The van der Waals surface area contributed by atoms with E-state index in [4.69, 9.17) is 9.84 Å². The number of thioether (sulfide) groups is 1. The van der Waals surface area contributed by atoms with Gasteiger partial charge in [-0.2, -0.15) is 5.10 Å². The van der Waals surface area contributed by atoms with Gasteiger partial charge in [0, 0.05) is 27.4 Å². The maximum Gasteiger partial charge on any atom is 0.206 e. The summed E-state index contributed by atoms with van der Waals surface area (Å²) in [6, 6.07) is 16.6. The minimum atomic E-state index is 0.589. The molecule has 0 bridgehead atoms. The van der Waals surface area contributed by atoms with Crippen LogP contribution in [0.15, 0.2) is 73.4 Å². The first-order valence-electron chi connectivity index (χ1n) is 8.35. The van der Waals surface area contributed by atoms with Gasteiger partial charge in [-0.3, -0.25) is 4.99 Å². The van der Waals surface area contributed by atoms with Gasteiger partial charge >= 0.3 is 0 Å². The Balaban J connectivity index is 1.98. The van der Waals surface area contributed by atoms with E-state index in [1.807, 2.05) is 23.0 Å². The second-order valence-electron chi connectivity index (χ2n) is 5.61. The summed E-state index contributed by atoms with van der Waals surface area (Å²) in [7, 11) is 1.68. The number of methoxy groups -OCH3 is 1. The Kier molecular flexibility index (Phi) is 7.46. The summed E-state index contributed by atoms with van der Waals surface area (Å²) in [5, 5.41) is 6.80. The molecule has 1 heterocycles. The molecule has 4 nitrogen and oxygen atoms in total. The molecule has 2 aromatic carbocycles. The smallest absolute Gasteiger partial charge is 0.206 e. The zero-order chi connectivity index (χ0) is 19.1. The van der Waals surface area contributed by atoms with Gasteiger partial charge in [-0.05, 0) is 36.1 Å². The molecule has 0 aliphatic rings. The van der Waals surface area contributed by atoms with Crippen molar-refractivity contribution in [3.63, 3.8) is 0 Å². The molecular formula is C20H20BrN3OS2. The molecule has 0 unspecified atom stereocenters. The molecule has 3 rings (SSSR count). The highest BCUT2D eigenvalue weighted by Crippen LogP contribution is 2.22. The third kappa shape index (κ3) is 5.42. The van der Waals surface area contributed by atoms with Gasteiger partial charge in [-0.25, -0.2) is 4.68 Å². The van der Waals surface area contributed by atoms with E-state index in [0.717, 1.165) is 26.1 Å². The standard InChI is InChI=1S/C20H20BrN3OS2/c1-25-12-11-22-20-24(23-13-15-3-9-18(26-2)10-4-15)19(14-27-20)16-5-7-17(21)8-6-16/h3-10,13-14H,11-12H2,1-2H3/b22-20?,23-13-. The molecule has 0 N–H and O–H groups in total. The lowest BCUT2D eigenvalue weighted by Gasteiger charge is -2.04. The second kappa shape index (κ2) is 10.0. The molecule has 0 radical (unpaired) electrons. The summed E-state index contributed by atoms with van der Waals surface area (Å²) in [6.07, 6.45) is 3.94. The molecule has 0 saturated carbocycles. The third-order valence-electron chi connectivity index (χ3n) is 3.81. The zero-order valence-corrected chi connectivity index (χ0v) is 18.4. The van der Waals surface area contributed by atoms with Crippen molar-refractivity contribution in [2.45, 2.75) is 4.90 Å². The fraction of sp³-hybridized carbons (Fsp3) is 0.200. The topological polar surface area (TPSA) is 38.9 Å². The Morgan fingerprint density at radius 1 is 1.15 bits per heavy atom. The minimum Gasteiger partial charge on any atom is -0.383 e. The average Bonchev–Trinajstić information content (AvgIpc) is 3.10. The van der Waals surface area contributed by atoms with Crippen LogP contribution in [0.1, 0.15) is 5.56 Å². The van der Waals surface area contributed by atoms with Crippen LogP contribution >= 0.6 is 39.0 Å². The second-order valence-corrected chi connectivity index (χ2v) is 8.25. The summed E-state index contributed by atoms with van der Waals surface area (Å²) < 4.78 is 8.06. The van der Waals surface area contributed by atoms with E-state index in [-0.39, 0.29) is 0 Å². The van der Waals surface area contributed by atoms with Gasteiger partial charge in [0.15, 0.2) is 0 Å². The predicted molar refractivity (Wildman–Crippen MR) is 119 cm³/mol. The first-order valence-corrected chi connectivity index (χ1v) is 11.3. The number of benzene rings is 2. The van der Waals surface area contributed by atoms with Gasteiger partial charge < -0.3 is 4.74 Å². The number of rotatable bonds is 7. The molecular weight excluding hydrogens is 442 g/mol. The molecule has 3 aromatic rings. The van der Waals surface area contributed by atoms with Crippen molar-refractivity contribution in [2.75, 3.05) is 26.5 Å². The van der Waals surface area contributed by atoms with Gasteiger partial charge in [0.05, 0.1) is 25.1 Å². The Morgan fingerprint density at radius 3 is 2.56 bits per heavy atom. The van der Waals surface area contributed by atoms with E-state index < -0.39 is 0 Å². The summed E-state index contributed by atoms with van der Waals surface area (Å²) in [4.78, 5) is 6.72. The van der Waals surface area contributed by atoms with Crippen LogP contribution in [0.2, 0.25) is 0 Å². The zero-order valence-electron chi connectivity index (χ0n) is 15.1. The fourth-order valence-corrected chi connectivity index (χ4v) is 3.92. The van der Waals surface area contributed by atoms with Gasteiger partial charge in [0.25, 0.3) is 0 Å². The van der Waals surface area contributed by atoms with E-state index >= 15 is 0 Å². The summed E-state index contributed by atoms with van der Waals surface area (Å²) in [5.74, 6) is 0. The summed E-state index contributed by atoms with van der Waals surface area (Å²) in [5.41, 5.74) is 3.16. The lowest BCUT2D eigenvalue weighted by molar-refractivity contribution is 0.207. The van der Waals surface area contributed by atoms with Crippen molar-refractivity contribution < 1.29 is 4.74 Å². The highest BCUT2D eigenvalue weighted by molar-refractivity contribution is 9.10. The van der Waals surface area contributed by atoms with E-state index in [9.17, 15) is 0 Å². The molecule has 0 spiro atoms. The Labute approximate surface area is 175 Å². The van der Waals surface area contributed by atoms with Gasteiger partial charge in [0.2, 0.25) is 4.80 Å². The van der Waals surface area contributed by atoms with Crippen LogP contribution < -0.4 is 4.80 Å². The molecule has 0 saturated heterocycles. The molecule has 7 heteroatoms. The molecule has 0 amide bonds. The maximum atomic E-state index is 5.12. The lowest BCUT2D eigenvalue weighted by atomic mass is 10.2. The average molecular weight is 462 g/mol. The maximum absolute atomic E-state index is 5.12. The molecule has 1 aromatic heterocycles. The van der Waals surface area contributed by atoms with Crippen molar-refractivity contribution in [1.29, 1.82) is 0 Å². The van der Waals surface area contributed by atoms with Crippen molar-refractivity contribution in [2.24, 2.45) is 10.1 Å². The summed E-state index contributed by atoms with van der Waals surface area (Å²) in [6.45, 7) is 1.19. The van der Waals surface area contributed by atoms with Crippen LogP contribution in [-0.4, -0.2) is 37.4 Å². The molecule has 0 fully saturated rings. The largest absolute Gasteiger partial charge is 0.383 e. The van der Waals surface area contributed by atoms with E-state index in [1.165, 1.54) is 4.90 Å².